The summed E-state index contributed by atoms with van der Waals surface area (Å²) in [5.41, 5.74) is 2.33. The molecule has 1 saturated heterocycles. The Hall–Kier alpha value is -2.81. The molecule has 7 nitrogen and oxygen atoms in total. The first-order valence-electron chi connectivity index (χ1n) is 9.31. The van der Waals surface area contributed by atoms with E-state index in [0.717, 1.165) is 33.7 Å². The van der Waals surface area contributed by atoms with E-state index in [-0.39, 0.29) is 11.8 Å². The average molecular weight is 400 g/mol. The zero-order valence-electron chi connectivity index (χ0n) is 15.6. The number of carbonyl (C=O) groups is 1. The standard InChI is InChI=1S/C19H21FN6OS/c1-2-7-21-19(27)26-10-8-25(9-11-26)18-17-16(22-12-23-18)15(24-28-17)13-3-5-14(20)6-4-13/h3-6,12H,2,7-11H2,1H3,(H,21,27). The molecule has 3 heterocycles. The number of carbonyl (C=O) groups excluding carboxylic acids is 1. The average Bonchev–Trinajstić information content (AvgIpc) is 3.17. The largest absolute Gasteiger partial charge is 0.352 e. The summed E-state index contributed by atoms with van der Waals surface area (Å²) in [5.74, 6) is 0.559. The first-order chi connectivity index (χ1) is 13.7. The van der Waals surface area contributed by atoms with E-state index in [2.05, 4.69) is 24.6 Å². The van der Waals surface area contributed by atoms with Crippen molar-refractivity contribution in [1.29, 1.82) is 0 Å². The Morgan fingerprint density at radius 1 is 1.18 bits per heavy atom. The summed E-state index contributed by atoms with van der Waals surface area (Å²) in [6, 6.07) is 6.25. The van der Waals surface area contributed by atoms with Crippen LogP contribution in [-0.2, 0) is 0 Å². The van der Waals surface area contributed by atoms with Crippen molar-refractivity contribution in [3.8, 4) is 11.3 Å². The molecule has 0 bridgehead atoms. The maximum absolute atomic E-state index is 13.2. The number of piperazine rings is 1. The summed E-state index contributed by atoms with van der Waals surface area (Å²) in [6.07, 6.45) is 2.46. The van der Waals surface area contributed by atoms with Crippen molar-refractivity contribution >= 4 is 33.6 Å². The quantitative estimate of drug-likeness (QED) is 0.728. The number of hydrogen-bond acceptors (Lipinski definition) is 6. The summed E-state index contributed by atoms with van der Waals surface area (Å²) < 4.78 is 18.7. The van der Waals surface area contributed by atoms with Crippen LogP contribution in [0.25, 0.3) is 21.5 Å². The second-order valence-electron chi connectivity index (χ2n) is 6.62. The van der Waals surface area contributed by atoms with Crippen molar-refractivity contribution in [2.75, 3.05) is 37.6 Å². The molecular weight excluding hydrogens is 379 g/mol. The predicted octanol–water partition coefficient (Wildman–Crippen LogP) is 3.13. The zero-order chi connectivity index (χ0) is 19.5. The molecule has 1 aromatic carbocycles. The smallest absolute Gasteiger partial charge is 0.317 e. The van der Waals surface area contributed by atoms with Crippen molar-refractivity contribution in [1.82, 2.24) is 24.6 Å². The van der Waals surface area contributed by atoms with Gasteiger partial charge in [0.05, 0.1) is 0 Å². The van der Waals surface area contributed by atoms with Gasteiger partial charge in [-0.05, 0) is 42.2 Å². The second-order valence-corrected chi connectivity index (χ2v) is 7.39. The molecule has 0 saturated carbocycles. The summed E-state index contributed by atoms with van der Waals surface area (Å²) in [4.78, 5) is 25.0. The van der Waals surface area contributed by atoms with Gasteiger partial charge in [-0.15, -0.1) is 0 Å². The minimum atomic E-state index is -0.278. The topological polar surface area (TPSA) is 74.2 Å². The predicted molar refractivity (Wildman–Crippen MR) is 108 cm³/mol. The summed E-state index contributed by atoms with van der Waals surface area (Å²) >= 11 is 1.35. The molecule has 1 aliphatic heterocycles. The fraction of sp³-hybridized carbons (Fsp3) is 0.368. The van der Waals surface area contributed by atoms with Gasteiger partial charge in [0.15, 0.2) is 5.82 Å². The van der Waals surface area contributed by atoms with Crippen molar-refractivity contribution in [2.24, 2.45) is 0 Å². The fourth-order valence-corrected chi connectivity index (χ4v) is 4.11. The Labute approximate surface area is 166 Å². The monoisotopic (exact) mass is 400 g/mol. The van der Waals surface area contributed by atoms with Gasteiger partial charge in [-0.2, -0.15) is 4.37 Å². The lowest BCUT2D eigenvalue weighted by Crippen LogP contribution is -2.52. The molecule has 2 aromatic heterocycles. The minimum absolute atomic E-state index is 0.00859. The molecule has 0 atom stereocenters. The highest BCUT2D eigenvalue weighted by Crippen LogP contribution is 2.34. The number of hydrogen-bond donors (Lipinski definition) is 1. The zero-order valence-corrected chi connectivity index (χ0v) is 16.4. The van der Waals surface area contributed by atoms with E-state index in [0.29, 0.717) is 32.7 Å². The highest BCUT2D eigenvalue weighted by molar-refractivity contribution is 7.14. The molecule has 1 aliphatic rings. The van der Waals surface area contributed by atoms with Crippen LogP contribution < -0.4 is 10.2 Å². The van der Waals surface area contributed by atoms with E-state index in [1.165, 1.54) is 23.7 Å². The molecule has 9 heteroatoms. The van der Waals surface area contributed by atoms with Crippen LogP contribution in [0.1, 0.15) is 13.3 Å². The lowest BCUT2D eigenvalue weighted by atomic mass is 10.1. The number of rotatable bonds is 4. The van der Waals surface area contributed by atoms with Gasteiger partial charge in [0, 0.05) is 38.3 Å². The first kappa shape index (κ1) is 18.5. The van der Waals surface area contributed by atoms with E-state index in [1.807, 2.05) is 11.8 Å². The number of nitrogens with zero attached hydrogens (tertiary/aromatic N) is 5. The third kappa shape index (κ3) is 3.62. The number of aromatic nitrogens is 3. The first-order valence-corrected chi connectivity index (χ1v) is 10.1. The van der Waals surface area contributed by atoms with E-state index in [9.17, 15) is 9.18 Å². The Kier molecular flexibility index (Phi) is 5.34. The van der Waals surface area contributed by atoms with Gasteiger partial charge in [0.1, 0.15) is 28.1 Å². The lowest BCUT2D eigenvalue weighted by Gasteiger charge is -2.35. The highest BCUT2D eigenvalue weighted by Gasteiger charge is 2.24. The van der Waals surface area contributed by atoms with E-state index in [1.54, 1.807) is 18.5 Å². The minimum Gasteiger partial charge on any atom is -0.352 e. The summed E-state index contributed by atoms with van der Waals surface area (Å²) in [5, 5.41) is 2.92. The van der Waals surface area contributed by atoms with Crippen molar-refractivity contribution in [3.05, 3.63) is 36.4 Å². The summed E-state index contributed by atoms with van der Waals surface area (Å²) in [6.45, 7) is 5.42. The summed E-state index contributed by atoms with van der Waals surface area (Å²) in [7, 11) is 0. The molecule has 4 rings (SSSR count). The Bertz CT molecular complexity index is 968. The van der Waals surface area contributed by atoms with Gasteiger partial charge in [-0.3, -0.25) is 0 Å². The number of anilines is 1. The molecule has 3 aromatic rings. The second kappa shape index (κ2) is 8.05. The van der Waals surface area contributed by atoms with Gasteiger partial charge in [0.2, 0.25) is 0 Å². The molecule has 0 spiro atoms. The third-order valence-corrected chi connectivity index (χ3v) is 5.58. The van der Waals surface area contributed by atoms with Crippen LogP contribution in [0.3, 0.4) is 0 Å². The fourth-order valence-electron chi connectivity index (χ4n) is 3.24. The number of benzene rings is 1. The van der Waals surface area contributed by atoms with Crippen LogP contribution in [0.4, 0.5) is 15.0 Å². The number of fused-ring (bicyclic) bond motifs is 1. The number of urea groups is 1. The normalized spacial score (nSPS) is 14.5. The SMILES string of the molecule is CCCNC(=O)N1CCN(c2ncnc3c(-c4ccc(F)cc4)nsc23)CC1. The molecule has 28 heavy (non-hydrogen) atoms. The molecule has 1 fully saturated rings. The Balaban J connectivity index is 1.54. The van der Waals surface area contributed by atoms with Gasteiger partial charge < -0.3 is 15.1 Å². The number of nitrogens with one attached hydrogen (secondary N) is 1. The van der Waals surface area contributed by atoms with Crippen molar-refractivity contribution < 1.29 is 9.18 Å². The molecule has 0 aliphatic carbocycles. The molecular formula is C19H21FN6OS. The van der Waals surface area contributed by atoms with Gasteiger partial charge >= 0.3 is 6.03 Å². The van der Waals surface area contributed by atoms with Crippen LogP contribution in [0.5, 0.6) is 0 Å². The lowest BCUT2D eigenvalue weighted by molar-refractivity contribution is 0.194. The van der Waals surface area contributed by atoms with E-state index >= 15 is 0 Å². The van der Waals surface area contributed by atoms with Crippen LogP contribution >= 0.6 is 11.5 Å². The van der Waals surface area contributed by atoms with Crippen molar-refractivity contribution in [3.63, 3.8) is 0 Å². The van der Waals surface area contributed by atoms with Gasteiger partial charge in [-0.1, -0.05) is 6.92 Å². The van der Waals surface area contributed by atoms with Crippen molar-refractivity contribution in [2.45, 2.75) is 13.3 Å². The van der Waals surface area contributed by atoms with Gasteiger partial charge in [0.25, 0.3) is 0 Å². The number of halogens is 1. The third-order valence-electron chi connectivity index (χ3n) is 4.75. The highest BCUT2D eigenvalue weighted by atomic mass is 32.1. The van der Waals surface area contributed by atoms with Crippen LogP contribution in [0.2, 0.25) is 0 Å². The van der Waals surface area contributed by atoms with Gasteiger partial charge in [-0.25, -0.2) is 19.2 Å². The molecule has 0 radical (unpaired) electrons. The Morgan fingerprint density at radius 3 is 2.64 bits per heavy atom. The van der Waals surface area contributed by atoms with Crippen LogP contribution in [-0.4, -0.2) is 58.0 Å². The molecule has 0 unspecified atom stereocenters. The molecule has 1 N–H and O–H groups in total. The van der Waals surface area contributed by atoms with E-state index < -0.39 is 0 Å². The number of amides is 2. The molecule has 2 amide bonds. The molecule has 146 valence electrons. The maximum atomic E-state index is 13.2. The van der Waals surface area contributed by atoms with E-state index in [4.69, 9.17) is 0 Å². The van der Waals surface area contributed by atoms with Crippen LogP contribution in [0, 0.1) is 5.82 Å². The van der Waals surface area contributed by atoms with Crippen LogP contribution in [0.15, 0.2) is 30.6 Å². The maximum Gasteiger partial charge on any atom is 0.317 e. The Morgan fingerprint density at radius 2 is 1.93 bits per heavy atom.